The molecule has 4 nitrogen and oxygen atoms in total. The van der Waals surface area contributed by atoms with E-state index in [9.17, 15) is 4.79 Å². The number of nitrogens with zero attached hydrogens (tertiary/aromatic N) is 1. The molecule has 0 aliphatic heterocycles. The van der Waals surface area contributed by atoms with Crippen LogP contribution >= 0.6 is 11.3 Å². The van der Waals surface area contributed by atoms with Gasteiger partial charge in [0.25, 0.3) is 0 Å². The van der Waals surface area contributed by atoms with Crippen LogP contribution < -0.4 is 0 Å². The number of hydrogen-bond donors (Lipinski definition) is 0. The number of hydrogen-bond acceptors (Lipinski definition) is 5. The van der Waals surface area contributed by atoms with Gasteiger partial charge in [-0.25, -0.2) is 4.79 Å². The molecule has 0 aromatic carbocycles. The Morgan fingerprint density at radius 1 is 1.64 bits per heavy atom. The van der Waals surface area contributed by atoms with Crippen LogP contribution in [0.2, 0.25) is 0 Å². The zero-order valence-electron chi connectivity index (χ0n) is 7.39. The first-order chi connectivity index (χ1) is 6.81. The van der Waals surface area contributed by atoms with E-state index in [4.69, 9.17) is 4.52 Å². The van der Waals surface area contributed by atoms with Crippen molar-refractivity contribution in [2.45, 2.75) is 0 Å². The van der Waals surface area contributed by atoms with Gasteiger partial charge >= 0.3 is 5.97 Å². The molecule has 2 heterocycles. The van der Waals surface area contributed by atoms with Gasteiger partial charge in [-0.15, -0.1) is 0 Å². The molecule has 2 aromatic heterocycles. The Hall–Kier alpha value is -1.62. The van der Waals surface area contributed by atoms with E-state index >= 15 is 0 Å². The molecule has 0 N–H and O–H groups in total. The second-order valence-electron chi connectivity index (χ2n) is 2.58. The summed E-state index contributed by atoms with van der Waals surface area (Å²) in [4.78, 5) is 11.1. The third-order valence-electron chi connectivity index (χ3n) is 1.71. The Kier molecular flexibility index (Phi) is 2.32. The summed E-state index contributed by atoms with van der Waals surface area (Å²) in [5.41, 5.74) is 1.10. The van der Waals surface area contributed by atoms with Crippen LogP contribution in [0.25, 0.3) is 11.3 Å². The van der Waals surface area contributed by atoms with Gasteiger partial charge in [0.1, 0.15) is 0 Å². The van der Waals surface area contributed by atoms with Crippen molar-refractivity contribution < 1.29 is 14.1 Å². The Balaban J connectivity index is 2.31. The number of rotatable bonds is 2. The normalized spacial score (nSPS) is 10.1. The number of methoxy groups -OCH3 is 1. The van der Waals surface area contributed by atoms with Crippen LogP contribution in [-0.4, -0.2) is 18.2 Å². The third-order valence-corrected chi connectivity index (χ3v) is 2.39. The van der Waals surface area contributed by atoms with Crippen LogP contribution in [-0.2, 0) is 4.74 Å². The fourth-order valence-corrected chi connectivity index (χ4v) is 1.66. The quantitative estimate of drug-likeness (QED) is 0.711. The second kappa shape index (κ2) is 3.63. The highest BCUT2D eigenvalue weighted by Crippen LogP contribution is 2.22. The Bertz CT molecular complexity index is 433. The first-order valence-corrected chi connectivity index (χ1v) is 4.83. The first kappa shape index (κ1) is 8.96. The standard InChI is InChI=1S/C9H7NO3S/c1-12-9(11)7-4-8(13-10-7)6-2-3-14-5-6/h2-5H,1H3. The Labute approximate surface area is 84.1 Å². The molecule has 72 valence electrons. The molecule has 0 saturated carbocycles. The number of esters is 1. The molecule has 5 heteroatoms. The van der Waals surface area contributed by atoms with Crippen molar-refractivity contribution in [2.24, 2.45) is 0 Å². The van der Waals surface area contributed by atoms with Gasteiger partial charge in [-0.3, -0.25) is 0 Å². The lowest BCUT2D eigenvalue weighted by molar-refractivity contribution is 0.0589. The predicted octanol–water partition coefficient (Wildman–Crippen LogP) is 2.19. The second-order valence-corrected chi connectivity index (χ2v) is 3.36. The topological polar surface area (TPSA) is 52.3 Å². The molecule has 0 unspecified atom stereocenters. The summed E-state index contributed by atoms with van der Waals surface area (Å²) in [5, 5.41) is 7.44. The molecule has 0 atom stereocenters. The van der Waals surface area contributed by atoms with Gasteiger partial charge in [0.15, 0.2) is 11.5 Å². The van der Waals surface area contributed by atoms with Crippen LogP contribution in [0.15, 0.2) is 27.4 Å². The summed E-state index contributed by atoms with van der Waals surface area (Å²) < 4.78 is 9.50. The highest BCUT2D eigenvalue weighted by molar-refractivity contribution is 7.08. The summed E-state index contributed by atoms with van der Waals surface area (Å²) in [7, 11) is 1.31. The van der Waals surface area contributed by atoms with Gasteiger partial charge in [-0.1, -0.05) is 5.16 Å². The van der Waals surface area contributed by atoms with E-state index in [1.165, 1.54) is 7.11 Å². The average molecular weight is 209 g/mol. The minimum atomic E-state index is -0.491. The molecule has 0 bridgehead atoms. The zero-order chi connectivity index (χ0) is 9.97. The maximum Gasteiger partial charge on any atom is 0.360 e. The van der Waals surface area contributed by atoms with E-state index in [0.29, 0.717) is 5.76 Å². The van der Waals surface area contributed by atoms with Crippen LogP contribution in [0.3, 0.4) is 0 Å². The summed E-state index contributed by atoms with van der Waals surface area (Å²) in [6.45, 7) is 0. The molecule has 2 rings (SSSR count). The van der Waals surface area contributed by atoms with Crippen molar-refractivity contribution in [3.63, 3.8) is 0 Å². The molecule has 14 heavy (non-hydrogen) atoms. The number of thiophene rings is 1. The van der Waals surface area contributed by atoms with Crippen LogP contribution in [0.5, 0.6) is 0 Å². The van der Waals surface area contributed by atoms with E-state index in [1.54, 1.807) is 17.4 Å². The molecule has 0 amide bonds. The SMILES string of the molecule is COC(=O)c1cc(-c2ccsc2)on1. The van der Waals surface area contributed by atoms with Crippen molar-refractivity contribution in [2.75, 3.05) is 7.11 Å². The van der Waals surface area contributed by atoms with Gasteiger partial charge in [-0.05, 0) is 11.4 Å². The first-order valence-electron chi connectivity index (χ1n) is 3.89. The maximum atomic E-state index is 11.1. The largest absolute Gasteiger partial charge is 0.464 e. The smallest absolute Gasteiger partial charge is 0.360 e. The fraction of sp³-hybridized carbons (Fsp3) is 0.111. The summed E-state index contributed by atoms with van der Waals surface area (Å²) in [6.07, 6.45) is 0. The molecule has 0 fully saturated rings. The van der Waals surface area contributed by atoms with Crippen LogP contribution in [0.1, 0.15) is 10.5 Å². The van der Waals surface area contributed by atoms with Crippen molar-refractivity contribution in [1.29, 1.82) is 0 Å². The third kappa shape index (κ3) is 1.54. The molecule has 0 radical (unpaired) electrons. The summed E-state index contributed by atoms with van der Waals surface area (Å²) in [6, 6.07) is 3.46. The van der Waals surface area contributed by atoms with Gasteiger partial charge in [0.05, 0.1) is 7.11 Å². The lowest BCUT2D eigenvalue weighted by Crippen LogP contribution is -2.00. The van der Waals surface area contributed by atoms with Gasteiger partial charge in [0.2, 0.25) is 0 Å². The zero-order valence-corrected chi connectivity index (χ0v) is 8.21. The predicted molar refractivity (Wildman–Crippen MR) is 51.2 cm³/mol. The average Bonchev–Trinajstić information content (AvgIpc) is 2.86. The highest BCUT2D eigenvalue weighted by atomic mass is 32.1. The maximum absolute atomic E-state index is 11.1. The van der Waals surface area contributed by atoms with Crippen LogP contribution in [0, 0.1) is 0 Å². The van der Waals surface area contributed by atoms with Crippen molar-refractivity contribution >= 4 is 17.3 Å². The summed E-state index contributed by atoms with van der Waals surface area (Å²) >= 11 is 1.55. The minimum Gasteiger partial charge on any atom is -0.464 e. The van der Waals surface area contributed by atoms with Crippen LogP contribution in [0.4, 0.5) is 0 Å². The van der Waals surface area contributed by atoms with E-state index in [2.05, 4.69) is 9.89 Å². The number of carbonyl (C=O) groups excluding carboxylic acids is 1. The number of ether oxygens (including phenoxy) is 1. The molecule has 2 aromatic rings. The number of carbonyl (C=O) groups is 1. The fourth-order valence-electron chi connectivity index (χ4n) is 1.02. The molecule has 0 aliphatic rings. The number of aromatic nitrogens is 1. The molecule has 0 saturated heterocycles. The molecular formula is C9H7NO3S. The van der Waals surface area contributed by atoms with E-state index in [-0.39, 0.29) is 5.69 Å². The lowest BCUT2D eigenvalue weighted by Gasteiger charge is -1.88. The van der Waals surface area contributed by atoms with Gasteiger partial charge in [0, 0.05) is 17.0 Å². The van der Waals surface area contributed by atoms with Crippen molar-refractivity contribution in [1.82, 2.24) is 5.16 Å². The Morgan fingerprint density at radius 2 is 2.50 bits per heavy atom. The molecule has 0 aliphatic carbocycles. The minimum absolute atomic E-state index is 0.189. The molecule has 0 spiro atoms. The highest BCUT2D eigenvalue weighted by Gasteiger charge is 2.13. The van der Waals surface area contributed by atoms with Gasteiger partial charge < -0.3 is 9.26 Å². The Morgan fingerprint density at radius 3 is 3.14 bits per heavy atom. The van der Waals surface area contributed by atoms with Crippen molar-refractivity contribution in [3.8, 4) is 11.3 Å². The van der Waals surface area contributed by atoms with E-state index < -0.39 is 5.97 Å². The van der Waals surface area contributed by atoms with Gasteiger partial charge in [-0.2, -0.15) is 11.3 Å². The summed E-state index contributed by atoms with van der Waals surface area (Å²) in [5.74, 6) is 0.0851. The van der Waals surface area contributed by atoms with E-state index in [1.807, 2.05) is 16.8 Å². The van der Waals surface area contributed by atoms with E-state index in [0.717, 1.165) is 5.56 Å². The monoisotopic (exact) mass is 209 g/mol. The van der Waals surface area contributed by atoms with Crippen molar-refractivity contribution in [3.05, 3.63) is 28.6 Å². The molecular weight excluding hydrogens is 202 g/mol. The lowest BCUT2D eigenvalue weighted by atomic mass is 10.2.